The Labute approximate surface area is 163 Å². The summed E-state index contributed by atoms with van der Waals surface area (Å²) in [5.74, 6) is -0.128. The van der Waals surface area contributed by atoms with E-state index >= 15 is 0 Å². The third-order valence-electron chi connectivity index (χ3n) is 5.18. The highest BCUT2D eigenvalue weighted by Gasteiger charge is 2.42. The largest absolute Gasteiger partial charge is 0.338 e. The van der Waals surface area contributed by atoms with Crippen molar-refractivity contribution in [2.75, 3.05) is 24.5 Å². The Hall–Kier alpha value is -1.11. The minimum atomic E-state index is -0.570. The molecule has 2 aliphatic rings. The molecular weight excluding hydrogens is 406 g/mol. The van der Waals surface area contributed by atoms with E-state index in [1.165, 1.54) is 0 Å². The number of hydrogen-bond acceptors (Lipinski definition) is 3. The van der Waals surface area contributed by atoms with Crippen molar-refractivity contribution in [1.82, 2.24) is 4.90 Å². The lowest BCUT2D eigenvalue weighted by atomic mass is 9.91. The van der Waals surface area contributed by atoms with Gasteiger partial charge in [-0.3, -0.25) is 9.59 Å². The lowest BCUT2D eigenvalue weighted by Gasteiger charge is -2.39. The Balaban J connectivity index is 0.00000225. The molecule has 2 heterocycles. The lowest BCUT2D eigenvalue weighted by Crippen LogP contribution is -2.52. The number of anilines is 1. The standard InChI is InChI=1S/C18H24BrN3O2.ClH/c1-12-6-8-21(13(10-12)11-20)17(23)14-7-9-22(18(14)24)16-5-3-2-4-15(16)19;/h2-5,12-14H,6-11,20H2,1H3;1H. The summed E-state index contributed by atoms with van der Waals surface area (Å²) in [5, 5.41) is 0. The van der Waals surface area contributed by atoms with Gasteiger partial charge in [0.2, 0.25) is 11.8 Å². The normalized spacial score (nSPS) is 26.5. The maximum atomic E-state index is 13.0. The van der Waals surface area contributed by atoms with Crippen molar-refractivity contribution in [3.05, 3.63) is 28.7 Å². The third kappa shape index (κ3) is 4.01. The Kier molecular flexibility index (Phi) is 6.88. The van der Waals surface area contributed by atoms with Crippen LogP contribution < -0.4 is 10.6 Å². The number of nitrogens with two attached hydrogens (primary N) is 1. The van der Waals surface area contributed by atoms with Crippen molar-refractivity contribution in [3.8, 4) is 0 Å². The summed E-state index contributed by atoms with van der Waals surface area (Å²) in [6, 6.07) is 7.69. The SMILES string of the molecule is CC1CCN(C(=O)C2CCN(c3ccccc3Br)C2=O)C(CN)C1.Cl. The van der Waals surface area contributed by atoms with Gasteiger partial charge in [-0.2, -0.15) is 0 Å². The fourth-order valence-corrected chi connectivity index (χ4v) is 4.28. The first-order valence-corrected chi connectivity index (χ1v) is 9.38. The van der Waals surface area contributed by atoms with E-state index in [1.807, 2.05) is 29.2 Å². The van der Waals surface area contributed by atoms with Crippen molar-refractivity contribution in [1.29, 1.82) is 0 Å². The molecule has 2 amide bonds. The Bertz CT molecular complexity index is 643. The second-order valence-corrected chi connectivity index (χ2v) is 7.69. The van der Waals surface area contributed by atoms with Crippen molar-refractivity contribution in [2.24, 2.45) is 17.6 Å². The molecule has 0 aliphatic carbocycles. The number of carbonyl (C=O) groups excluding carboxylic acids is 2. The van der Waals surface area contributed by atoms with Gasteiger partial charge in [0.25, 0.3) is 0 Å². The van der Waals surface area contributed by atoms with Crippen molar-refractivity contribution in [2.45, 2.75) is 32.2 Å². The first-order valence-electron chi connectivity index (χ1n) is 8.59. The van der Waals surface area contributed by atoms with Gasteiger partial charge in [-0.1, -0.05) is 19.1 Å². The molecular formula is C18H25BrClN3O2. The van der Waals surface area contributed by atoms with E-state index in [2.05, 4.69) is 22.9 Å². The summed E-state index contributed by atoms with van der Waals surface area (Å²) in [5.41, 5.74) is 6.70. The zero-order valence-corrected chi connectivity index (χ0v) is 16.8. The van der Waals surface area contributed by atoms with E-state index < -0.39 is 5.92 Å². The van der Waals surface area contributed by atoms with Gasteiger partial charge in [-0.15, -0.1) is 12.4 Å². The molecule has 0 aromatic heterocycles. The fraction of sp³-hybridized carbons (Fsp3) is 0.556. The molecule has 1 aromatic rings. The maximum absolute atomic E-state index is 13.0. The van der Waals surface area contributed by atoms with Gasteiger partial charge in [0.05, 0.1) is 5.69 Å². The molecule has 2 N–H and O–H groups in total. The number of piperidine rings is 1. The van der Waals surface area contributed by atoms with Gasteiger partial charge in [-0.25, -0.2) is 0 Å². The van der Waals surface area contributed by atoms with Crippen LogP contribution in [0.4, 0.5) is 5.69 Å². The highest BCUT2D eigenvalue weighted by atomic mass is 79.9. The monoisotopic (exact) mass is 429 g/mol. The second-order valence-electron chi connectivity index (χ2n) is 6.83. The number of rotatable bonds is 3. The first kappa shape index (κ1) is 20.2. The molecule has 3 unspecified atom stereocenters. The van der Waals surface area contributed by atoms with Crippen LogP contribution in [0.15, 0.2) is 28.7 Å². The number of para-hydroxylation sites is 1. The molecule has 3 atom stereocenters. The van der Waals surface area contributed by atoms with Gasteiger partial charge >= 0.3 is 0 Å². The van der Waals surface area contributed by atoms with Crippen LogP contribution in [0.3, 0.4) is 0 Å². The number of amides is 2. The zero-order valence-electron chi connectivity index (χ0n) is 14.4. The molecule has 7 heteroatoms. The summed E-state index contributed by atoms with van der Waals surface area (Å²) >= 11 is 3.49. The predicted octanol–water partition coefficient (Wildman–Crippen LogP) is 2.81. The third-order valence-corrected chi connectivity index (χ3v) is 5.85. The number of benzene rings is 1. The molecule has 2 aliphatic heterocycles. The van der Waals surface area contributed by atoms with Crippen molar-refractivity contribution >= 4 is 45.8 Å². The smallest absolute Gasteiger partial charge is 0.239 e. The molecule has 1 aromatic carbocycles. The minimum absolute atomic E-state index is 0. The first-order chi connectivity index (χ1) is 11.5. The quantitative estimate of drug-likeness (QED) is 0.750. The number of likely N-dealkylation sites (tertiary alicyclic amines) is 1. The highest BCUT2D eigenvalue weighted by Crippen LogP contribution is 2.33. The molecule has 2 fully saturated rings. The minimum Gasteiger partial charge on any atom is -0.338 e. The molecule has 0 radical (unpaired) electrons. The summed E-state index contributed by atoms with van der Waals surface area (Å²) in [6.07, 6.45) is 2.48. The van der Waals surface area contributed by atoms with Gasteiger partial charge in [0, 0.05) is 30.1 Å². The number of hydrogen-bond donors (Lipinski definition) is 1. The van der Waals surface area contributed by atoms with Gasteiger partial charge < -0.3 is 15.5 Å². The molecule has 3 rings (SSSR count). The van der Waals surface area contributed by atoms with Crippen LogP contribution in [0.2, 0.25) is 0 Å². The summed E-state index contributed by atoms with van der Waals surface area (Å²) in [6.45, 7) is 3.95. The number of halogens is 2. The van der Waals surface area contributed by atoms with Crippen LogP contribution in [0, 0.1) is 11.8 Å². The van der Waals surface area contributed by atoms with E-state index in [4.69, 9.17) is 5.73 Å². The maximum Gasteiger partial charge on any atom is 0.239 e. The van der Waals surface area contributed by atoms with E-state index in [0.717, 1.165) is 23.0 Å². The summed E-state index contributed by atoms with van der Waals surface area (Å²) < 4.78 is 0.873. The Morgan fingerprint density at radius 2 is 2.00 bits per heavy atom. The van der Waals surface area contributed by atoms with Crippen molar-refractivity contribution < 1.29 is 9.59 Å². The van der Waals surface area contributed by atoms with E-state index in [-0.39, 0.29) is 30.3 Å². The summed E-state index contributed by atoms with van der Waals surface area (Å²) in [7, 11) is 0. The average Bonchev–Trinajstić information content (AvgIpc) is 2.96. The zero-order chi connectivity index (χ0) is 17.3. The van der Waals surface area contributed by atoms with E-state index in [1.54, 1.807) is 4.90 Å². The fourth-order valence-electron chi connectivity index (χ4n) is 3.78. The van der Waals surface area contributed by atoms with Crippen molar-refractivity contribution in [3.63, 3.8) is 0 Å². The molecule has 0 bridgehead atoms. The molecule has 25 heavy (non-hydrogen) atoms. The van der Waals surface area contributed by atoms with Gasteiger partial charge in [0.15, 0.2) is 0 Å². The number of nitrogens with zero attached hydrogens (tertiary/aromatic N) is 2. The van der Waals surface area contributed by atoms with Crippen LogP contribution in [0.5, 0.6) is 0 Å². The van der Waals surface area contributed by atoms with Gasteiger partial charge in [-0.05, 0) is 53.2 Å². The second kappa shape index (κ2) is 8.52. The number of carbonyl (C=O) groups is 2. The molecule has 5 nitrogen and oxygen atoms in total. The average molecular weight is 431 g/mol. The van der Waals surface area contributed by atoms with Crippen LogP contribution in [-0.2, 0) is 9.59 Å². The van der Waals surface area contributed by atoms with Crippen LogP contribution >= 0.6 is 28.3 Å². The van der Waals surface area contributed by atoms with Crippen LogP contribution in [0.1, 0.15) is 26.2 Å². The molecule has 0 saturated carbocycles. The molecule has 138 valence electrons. The molecule has 0 spiro atoms. The topological polar surface area (TPSA) is 66.6 Å². The highest BCUT2D eigenvalue weighted by molar-refractivity contribution is 9.10. The predicted molar refractivity (Wildman–Crippen MR) is 105 cm³/mol. The van der Waals surface area contributed by atoms with E-state index in [9.17, 15) is 9.59 Å². The Morgan fingerprint density at radius 3 is 2.68 bits per heavy atom. The summed E-state index contributed by atoms with van der Waals surface area (Å²) in [4.78, 5) is 29.4. The molecule has 2 saturated heterocycles. The van der Waals surface area contributed by atoms with Crippen LogP contribution in [-0.4, -0.2) is 42.4 Å². The van der Waals surface area contributed by atoms with E-state index in [0.29, 0.717) is 32.0 Å². The van der Waals surface area contributed by atoms with Gasteiger partial charge in [0.1, 0.15) is 5.92 Å². The lowest BCUT2D eigenvalue weighted by molar-refractivity contribution is -0.143. The Morgan fingerprint density at radius 1 is 1.28 bits per heavy atom. The van der Waals surface area contributed by atoms with Crippen LogP contribution in [0.25, 0.3) is 0 Å².